The molecule has 0 aromatic rings. The van der Waals surface area contributed by atoms with Gasteiger partial charge >= 0.3 is 6.09 Å². The Morgan fingerprint density at radius 1 is 1.39 bits per heavy atom. The summed E-state index contributed by atoms with van der Waals surface area (Å²) in [4.78, 5) is 14.1. The average molecular weight is 277 g/mol. The van der Waals surface area contributed by atoms with Crippen molar-refractivity contribution >= 4 is 18.5 Å². The third-order valence-corrected chi connectivity index (χ3v) is 4.04. The zero-order valence-corrected chi connectivity index (χ0v) is 12.4. The maximum atomic E-state index is 12.2. The van der Waals surface area contributed by atoms with Gasteiger partial charge in [0, 0.05) is 13.1 Å². The highest BCUT2D eigenvalue weighted by Gasteiger charge is 2.48. The fraction of sp³-hybridized carbons (Fsp3) is 0.923. The Kier molecular flexibility index (Phi) is 4.55. The molecule has 0 unspecified atom stereocenters. The zero-order chi connectivity index (χ0) is 12.7. The molecule has 3 fully saturated rings. The minimum Gasteiger partial charge on any atom is -0.444 e. The molecule has 0 spiro atoms. The van der Waals surface area contributed by atoms with Crippen LogP contribution in [0.25, 0.3) is 0 Å². The van der Waals surface area contributed by atoms with Crippen LogP contribution >= 0.6 is 12.4 Å². The molecule has 1 amide bonds. The molecular formula is C13H25ClN2O2. The predicted molar refractivity (Wildman–Crippen MR) is 73.9 cm³/mol. The maximum absolute atomic E-state index is 12.2. The largest absolute Gasteiger partial charge is 0.444 e. The number of rotatable bonds is 1. The van der Waals surface area contributed by atoms with E-state index in [2.05, 4.69) is 0 Å². The number of nitrogens with two attached hydrogens (primary N) is 1. The lowest BCUT2D eigenvalue weighted by atomic mass is 9.70. The van der Waals surface area contributed by atoms with Gasteiger partial charge in [-0.15, -0.1) is 12.4 Å². The fourth-order valence-electron chi connectivity index (χ4n) is 3.02. The highest BCUT2D eigenvalue weighted by Crippen LogP contribution is 2.43. The van der Waals surface area contributed by atoms with Crippen LogP contribution in [-0.2, 0) is 4.74 Å². The van der Waals surface area contributed by atoms with Gasteiger partial charge in [-0.25, -0.2) is 4.79 Å². The minimum atomic E-state index is -0.427. The molecular weight excluding hydrogens is 252 g/mol. The first kappa shape index (κ1) is 15.6. The Morgan fingerprint density at radius 2 is 1.94 bits per heavy atom. The van der Waals surface area contributed by atoms with Crippen molar-refractivity contribution < 1.29 is 9.53 Å². The van der Waals surface area contributed by atoms with E-state index in [1.54, 1.807) is 0 Å². The monoisotopic (exact) mass is 276 g/mol. The molecule has 0 radical (unpaired) electrons. The molecule has 3 aliphatic rings. The Morgan fingerprint density at radius 3 is 2.39 bits per heavy atom. The molecule has 1 aliphatic carbocycles. The van der Waals surface area contributed by atoms with E-state index in [0.29, 0.717) is 12.5 Å². The van der Waals surface area contributed by atoms with E-state index in [-0.39, 0.29) is 24.0 Å². The van der Waals surface area contributed by atoms with Crippen LogP contribution in [0.5, 0.6) is 0 Å². The van der Waals surface area contributed by atoms with Crippen LogP contribution in [0.4, 0.5) is 4.79 Å². The number of ether oxygens (including phenoxy) is 1. The van der Waals surface area contributed by atoms with Gasteiger partial charge in [0.1, 0.15) is 5.60 Å². The highest BCUT2D eigenvalue weighted by atomic mass is 35.5. The first-order valence-electron chi connectivity index (χ1n) is 6.57. The lowest BCUT2D eigenvalue weighted by molar-refractivity contribution is -0.0497. The van der Waals surface area contributed by atoms with Crippen molar-refractivity contribution in [3.8, 4) is 0 Å². The number of hydrogen-bond acceptors (Lipinski definition) is 3. The van der Waals surface area contributed by atoms with Gasteiger partial charge in [-0.1, -0.05) is 0 Å². The molecule has 0 aromatic heterocycles. The SMILES string of the molecule is CC(C)(C)OC(=O)N1CC2CCC1(CN)CC2.Cl. The van der Waals surface area contributed by atoms with Crippen LogP contribution < -0.4 is 5.73 Å². The summed E-state index contributed by atoms with van der Waals surface area (Å²) < 4.78 is 5.49. The van der Waals surface area contributed by atoms with Crippen molar-refractivity contribution in [1.29, 1.82) is 0 Å². The van der Waals surface area contributed by atoms with Gasteiger partial charge in [0.25, 0.3) is 0 Å². The van der Waals surface area contributed by atoms with Crippen LogP contribution in [0.1, 0.15) is 46.5 Å². The summed E-state index contributed by atoms with van der Waals surface area (Å²) in [6, 6.07) is 0. The third kappa shape index (κ3) is 2.91. The summed E-state index contributed by atoms with van der Waals surface area (Å²) >= 11 is 0. The average Bonchev–Trinajstić information content (AvgIpc) is 2.28. The van der Waals surface area contributed by atoms with Gasteiger partial charge in [-0.3, -0.25) is 0 Å². The zero-order valence-electron chi connectivity index (χ0n) is 11.6. The van der Waals surface area contributed by atoms with Crippen molar-refractivity contribution in [3.63, 3.8) is 0 Å². The van der Waals surface area contributed by atoms with E-state index in [0.717, 1.165) is 19.4 Å². The molecule has 2 heterocycles. The highest BCUT2D eigenvalue weighted by molar-refractivity contribution is 5.85. The number of carbonyl (C=O) groups is 1. The van der Waals surface area contributed by atoms with Crippen molar-refractivity contribution in [2.75, 3.05) is 13.1 Å². The standard InChI is InChI=1S/C13H24N2O2.ClH/c1-12(2,3)17-11(16)15-8-10-4-6-13(15,9-14)7-5-10;/h10H,4-9,14H2,1-3H3;1H. The molecule has 4 nitrogen and oxygen atoms in total. The molecule has 3 rings (SSSR count). The summed E-state index contributed by atoms with van der Waals surface area (Å²) in [7, 11) is 0. The van der Waals surface area contributed by atoms with E-state index in [9.17, 15) is 4.79 Å². The first-order chi connectivity index (χ1) is 7.86. The van der Waals surface area contributed by atoms with Crippen molar-refractivity contribution in [2.24, 2.45) is 11.7 Å². The lowest BCUT2D eigenvalue weighted by Crippen LogP contribution is -2.64. The molecule has 2 bridgehead atoms. The topological polar surface area (TPSA) is 55.6 Å². The van der Waals surface area contributed by atoms with Gasteiger partial charge in [0.15, 0.2) is 0 Å². The van der Waals surface area contributed by atoms with Crippen LogP contribution in [0.2, 0.25) is 0 Å². The molecule has 106 valence electrons. The smallest absolute Gasteiger partial charge is 0.410 e. The fourth-order valence-corrected chi connectivity index (χ4v) is 3.02. The molecule has 5 heteroatoms. The number of halogens is 1. The molecule has 2 saturated heterocycles. The first-order valence-corrected chi connectivity index (χ1v) is 6.57. The van der Waals surface area contributed by atoms with Crippen molar-refractivity contribution in [1.82, 2.24) is 4.90 Å². The van der Waals surface area contributed by atoms with Crippen LogP contribution in [0.3, 0.4) is 0 Å². The summed E-state index contributed by atoms with van der Waals surface area (Å²) in [6.07, 6.45) is 4.29. The molecule has 2 aliphatic heterocycles. The van der Waals surface area contributed by atoms with Gasteiger partial charge < -0.3 is 15.4 Å². The number of piperidine rings is 2. The summed E-state index contributed by atoms with van der Waals surface area (Å²) in [5.74, 6) is 0.649. The Bertz CT molecular complexity index is 307. The second-order valence-corrected chi connectivity index (χ2v) is 6.46. The van der Waals surface area contributed by atoms with Gasteiger partial charge in [0.05, 0.1) is 5.54 Å². The number of nitrogens with zero attached hydrogens (tertiary/aromatic N) is 1. The van der Waals surface area contributed by atoms with Crippen molar-refractivity contribution in [3.05, 3.63) is 0 Å². The molecule has 0 atom stereocenters. The Balaban J connectivity index is 0.00000162. The molecule has 0 aromatic carbocycles. The van der Waals surface area contributed by atoms with Crippen LogP contribution in [-0.4, -0.2) is 35.2 Å². The van der Waals surface area contributed by atoms with Gasteiger partial charge in [-0.05, 0) is 52.4 Å². The summed E-state index contributed by atoms with van der Waals surface area (Å²) in [6.45, 7) is 7.09. The second kappa shape index (κ2) is 5.25. The van der Waals surface area contributed by atoms with Crippen molar-refractivity contribution in [2.45, 2.75) is 57.6 Å². The predicted octanol–water partition coefficient (Wildman–Crippen LogP) is 2.55. The number of fused-ring (bicyclic) bond motifs is 3. The normalized spacial score (nSPS) is 30.9. The summed E-state index contributed by atoms with van der Waals surface area (Å²) in [5, 5.41) is 0. The molecule has 1 saturated carbocycles. The Labute approximate surface area is 116 Å². The minimum absolute atomic E-state index is 0. The quantitative estimate of drug-likeness (QED) is 0.801. The number of amides is 1. The van der Waals surface area contributed by atoms with Gasteiger partial charge in [-0.2, -0.15) is 0 Å². The van der Waals surface area contributed by atoms with E-state index in [1.165, 1.54) is 12.8 Å². The molecule has 18 heavy (non-hydrogen) atoms. The summed E-state index contributed by atoms with van der Waals surface area (Å²) in [5.41, 5.74) is 5.36. The number of hydrogen-bond donors (Lipinski definition) is 1. The van der Waals surface area contributed by atoms with Crippen LogP contribution in [0, 0.1) is 5.92 Å². The van der Waals surface area contributed by atoms with Gasteiger partial charge in [0.2, 0.25) is 0 Å². The Hall–Kier alpha value is -0.480. The van der Waals surface area contributed by atoms with E-state index in [1.807, 2.05) is 25.7 Å². The second-order valence-electron chi connectivity index (χ2n) is 6.46. The van der Waals surface area contributed by atoms with Crippen LogP contribution in [0.15, 0.2) is 0 Å². The lowest BCUT2D eigenvalue weighted by Gasteiger charge is -2.53. The maximum Gasteiger partial charge on any atom is 0.410 e. The molecule has 2 N–H and O–H groups in total. The van der Waals surface area contributed by atoms with E-state index < -0.39 is 5.60 Å². The van der Waals surface area contributed by atoms with E-state index in [4.69, 9.17) is 10.5 Å². The number of carbonyl (C=O) groups excluding carboxylic acids is 1. The third-order valence-electron chi connectivity index (χ3n) is 4.04. The van der Waals surface area contributed by atoms with E-state index >= 15 is 0 Å².